The Morgan fingerprint density at radius 3 is 2.14 bits per heavy atom. The van der Waals surface area contributed by atoms with Crippen molar-refractivity contribution in [1.82, 2.24) is 4.31 Å². The van der Waals surface area contributed by atoms with E-state index in [9.17, 15) is 13.2 Å². The van der Waals surface area contributed by atoms with Crippen LogP contribution in [0.3, 0.4) is 0 Å². The third-order valence-corrected chi connectivity index (χ3v) is 6.60. The first-order valence-corrected chi connectivity index (χ1v) is 11.0. The van der Waals surface area contributed by atoms with Gasteiger partial charge in [-0.25, -0.2) is 13.2 Å². The summed E-state index contributed by atoms with van der Waals surface area (Å²) in [6.45, 7) is 1.37. The van der Waals surface area contributed by atoms with Gasteiger partial charge in [0.25, 0.3) is 0 Å². The molecule has 8 heteroatoms. The van der Waals surface area contributed by atoms with E-state index >= 15 is 0 Å². The Morgan fingerprint density at radius 1 is 0.897 bits per heavy atom. The van der Waals surface area contributed by atoms with Gasteiger partial charge in [0.1, 0.15) is 24.7 Å². The van der Waals surface area contributed by atoms with Crippen molar-refractivity contribution in [1.29, 1.82) is 0 Å². The van der Waals surface area contributed by atoms with Crippen molar-refractivity contribution in [2.45, 2.75) is 24.2 Å². The first-order chi connectivity index (χ1) is 14.0. The van der Waals surface area contributed by atoms with Gasteiger partial charge in [0.15, 0.2) is 0 Å². The summed E-state index contributed by atoms with van der Waals surface area (Å²) < 4.78 is 42.5. The molecule has 0 aliphatic carbocycles. The highest BCUT2D eigenvalue weighted by atomic mass is 32.2. The maximum absolute atomic E-state index is 12.6. The molecule has 2 aromatic carbocycles. The van der Waals surface area contributed by atoms with Crippen LogP contribution in [0, 0.1) is 0 Å². The average Bonchev–Trinajstić information content (AvgIpc) is 2.77. The van der Waals surface area contributed by atoms with Crippen molar-refractivity contribution in [3.63, 3.8) is 0 Å². The number of carbonyl (C=O) groups excluding carboxylic acids is 1. The Balaban J connectivity index is 1.49. The van der Waals surface area contributed by atoms with Crippen LogP contribution in [-0.4, -0.2) is 52.1 Å². The molecule has 0 spiro atoms. The Labute approximate surface area is 171 Å². The summed E-state index contributed by atoms with van der Waals surface area (Å²) in [6, 6.07) is 12.9. The summed E-state index contributed by atoms with van der Waals surface area (Å²) in [5, 5.41) is 0. The minimum Gasteiger partial charge on any atom is -0.497 e. The summed E-state index contributed by atoms with van der Waals surface area (Å²) in [5.74, 6) is 0.855. The molecule has 0 saturated carbocycles. The first-order valence-electron chi connectivity index (χ1n) is 9.55. The van der Waals surface area contributed by atoms with E-state index in [0.717, 1.165) is 25.0 Å². The van der Waals surface area contributed by atoms with E-state index in [1.807, 2.05) is 0 Å². The molecule has 0 amide bonds. The van der Waals surface area contributed by atoms with E-state index in [1.165, 1.54) is 28.6 Å². The summed E-state index contributed by atoms with van der Waals surface area (Å²) in [6.07, 6.45) is 2.81. The molecule has 1 saturated heterocycles. The third kappa shape index (κ3) is 5.48. The molecule has 2 aromatic rings. The monoisotopic (exact) mass is 419 g/mol. The fourth-order valence-corrected chi connectivity index (χ4v) is 4.58. The van der Waals surface area contributed by atoms with Crippen LogP contribution < -0.4 is 9.47 Å². The number of carbonyl (C=O) groups is 1. The zero-order chi connectivity index (χ0) is 20.7. The molecule has 1 aliphatic rings. The fourth-order valence-electron chi connectivity index (χ4n) is 3.07. The number of sulfonamides is 1. The number of piperidine rings is 1. The molecule has 0 bridgehead atoms. The molecule has 0 radical (unpaired) electrons. The maximum Gasteiger partial charge on any atom is 0.338 e. The molecule has 0 atom stereocenters. The molecular formula is C21H25NO6S. The zero-order valence-corrected chi connectivity index (χ0v) is 17.2. The third-order valence-electron chi connectivity index (χ3n) is 4.69. The SMILES string of the molecule is COc1ccc(OCCOC(=O)c2ccc(S(=O)(=O)N3CCCCC3)cc2)cc1. The minimum atomic E-state index is -3.51. The van der Waals surface area contributed by atoms with Crippen LogP contribution in [0.4, 0.5) is 0 Å². The summed E-state index contributed by atoms with van der Waals surface area (Å²) in [7, 11) is -1.92. The van der Waals surface area contributed by atoms with Crippen LogP contribution in [0.15, 0.2) is 53.4 Å². The van der Waals surface area contributed by atoms with Crippen LogP contribution in [-0.2, 0) is 14.8 Å². The Morgan fingerprint density at radius 2 is 1.52 bits per heavy atom. The second kappa shape index (κ2) is 9.76. The van der Waals surface area contributed by atoms with Gasteiger partial charge >= 0.3 is 5.97 Å². The minimum absolute atomic E-state index is 0.0820. The molecule has 29 heavy (non-hydrogen) atoms. The van der Waals surface area contributed by atoms with E-state index in [0.29, 0.717) is 24.4 Å². The largest absolute Gasteiger partial charge is 0.497 e. The van der Waals surface area contributed by atoms with Crippen LogP contribution in [0.2, 0.25) is 0 Å². The van der Waals surface area contributed by atoms with E-state index in [-0.39, 0.29) is 18.1 Å². The number of hydrogen-bond donors (Lipinski definition) is 0. The van der Waals surface area contributed by atoms with Gasteiger partial charge in [-0.15, -0.1) is 0 Å². The molecule has 1 aliphatic heterocycles. The summed E-state index contributed by atoms with van der Waals surface area (Å²) in [5.41, 5.74) is 0.298. The Bertz CT molecular complexity index is 903. The second-order valence-electron chi connectivity index (χ2n) is 6.65. The molecule has 1 heterocycles. The predicted octanol–water partition coefficient (Wildman–Crippen LogP) is 3.11. The molecule has 7 nitrogen and oxygen atoms in total. The number of methoxy groups -OCH3 is 1. The highest BCUT2D eigenvalue weighted by Gasteiger charge is 2.26. The molecule has 0 unspecified atom stereocenters. The lowest BCUT2D eigenvalue weighted by Crippen LogP contribution is -2.35. The van der Waals surface area contributed by atoms with Crippen molar-refractivity contribution >= 4 is 16.0 Å². The van der Waals surface area contributed by atoms with Gasteiger partial charge in [-0.05, 0) is 61.4 Å². The fraction of sp³-hybridized carbons (Fsp3) is 0.381. The van der Waals surface area contributed by atoms with Gasteiger partial charge in [-0.1, -0.05) is 6.42 Å². The summed E-state index contributed by atoms with van der Waals surface area (Å²) in [4.78, 5) is 12.3. The molecule has 3 rings (SSSR count). The second-order valence-corrected chi connectivity index (χ2v) is 8.59. The number of ether oxygens (including phenoxy) is 3. The molecular weight excluding hydrogens is 394 g/mol. The normalized spacial score (nSPS) is 14.9. The van der Waals surface area contributed by atoms with Gasteiger partial charge in [0, 0.05) is 13.1 Å². The highest BCUT2D eigenvalue weighted by Crippen LogP contribution is 2.21. The molecule has 1 fully saturated rings. The van der Waals surface area contributed by atoms with E-state index < -0.39 is 16.0 Å². The molecule has 0 aromatic heterocycles. The standard InChI is InChI=1S/C21H25NO6S/c1-26-18-7-9-19(10-8-18)27-15-16-28-21(23)17-5-11-20(12-6-17)29(24,25)22-13-3-2-4-14-22/h5-12H,2-4,13-16H2,1H3. The number of rotatable bonds is 8. The zero-order valence-electron chi connectivity index (χ0n) is 16.4. The Kier molecular flexibility index (Phi) is 7.11. The topological polar surface area (TPSA) is 82.1 Å². The quantitative estimate of drug-likeness (QED) is 0.483. The van der Waals surface area contributed by atoms with Gasteiger partial charge < -0.3 is 14.2 Å². The van der Waals surface area contributed by atoms with Crippen molar-refractivity contribution in [2.24, 2.45) is 0 Å². The van der Waals surface area contributed by atoms with Crippen molar-refractivity contribution in [3.05, 3.63) is 54.1 Å². The van der Waals surface area contributed by atoms with Crippen LogP contribution in [0.5, 0.6) is 11.5 Å². The van der Waals surface area contributed by atoms with Gasteiger partial charge in [0.05, 0.1) is 17.6 Å². The lowest BCUT2D eigenvalue weighted by molar-refractivity contribution is 0.0450. The smallest absolute Gasteiger partial charge is 0.338 e. The molecule has 156 valence electrons. The first kappa shape index (κ1) is 21.1. The van der Waals surface area contributed by atoms with Crippen molar-refractivity contribution in [2.75, 3.05) is 33.4 Å². The van der Waals surface area contributed by atoms with Crippen LogP contribution in [0.25, 0.3) is 0 Å². The van der Waals surface area contributed by atoms with E-state index in [2.05, 4.69) is 0 Å². The lowest BCUT2D eigenvalue weighted by Gasteiger charge is -2.25. The van der Waals surface area contributed by atoms with E-state index in [1.54, 1.807) is 31.4 Å². The van der Waals surface area contributed by atoms with Crippen molar-refractivity contribution in [3.8, 4) is 11.5 Å². The van der Waals surface area contributed by atoms with Gasteiger partial charge in [0.2, 0.25) is 10.0 Å². The average molecular weight is 419 g/mol. The Hall–Kier alpha value is -2.58. The van der Waals surface area contributed by atoms with Crippen LogP contribution in [0.1, 0.15) is 29.6 Å². The number of benzene rings is 2. The summed E-state index contributed by atoms with van der Waals surface area (Å²) >= 11 is 0. The number of esters is 1. The lowest BCUT2D eigenvalue weighted by atomic mass is 10.2. The predicted molar refractivity (Wildman–Crippen MR) is 108 cm³/mol. The van der Waals surface area contributed by atoms with Crippen molar-refractivity contribution < 1.29 is 27.4 Å². The number of hydrogen-bond acceptors (Lipinski definition) is 6. The number of nitrogens with zero attached hydrogens (tertiary/aromatic N) is 1. The molecule has 0 N–H and O–H groups in total. The van der Waals surface area contributed by atoms with E-state index in [4.69, 9.17) is 14.2 Å². The van der Waals surface area contributed by atoms with Gasteiger partial charge in [-0.3, -0.25) is 0 Å². The maximum atomic E-state index is 12.6. The van der Waals surface area contributed by atoms with Gasteiger partial charge in [-0.2, -0.15) is 4.31 Å². The van der Waals surface area contributed by atoms with Crippen LogP contribution >= 0.6 is 0 Å². The highest BCUT2D eigenvalue weighted by molar-refractivity contribution is 7.89.